The standard InChI is InChI=1S/C20H29N/c1-3-5-8-15(4-2)13-16-11-12-18-17-9-6-7-10-19(17)21-20(18)14-16/h6-7,9-10,15-16,21H,3-5,8,11-14H2,1-2H3. The van der Waals surface area contributed by atoms with Crippen LogP contribution in [0.1, 0.15) is 63.6 Å². The van der Waals surface area contributed by atoms with Crippen LogP contribution < -0.4 is 0 Å². The lowest BCUT2D eigenvalue weighted by atomic mass is 9.79. The molecule has 2 aromatic rings. The molecule has 1 aromatic heterocycles. The second-order valence-electron chi connectivity index (χ2n) is 6.89. The molecule has 0 aliphatic heterocycles. The predicted octanol–water partition coefficient (Wildman–Crippen LogP) is 5.88. The molecule has 0 fully saturated rings. The van der Waals surface area contributed by atoms with Gasteiger partial charge in [0.1, 0.15) is 0 Å². The molecule has 3 rings (SSSR count). The molecular formula is C20H29N. The van der Waals surface area contributed by atoms with E-state index in [4.69, 9.17) is 0 Å². The van der Waals surface area contributed by atoms with Crippen molar-refractivity contribution in [2.75, 3.05) is 0 Å². The van der Waals surface area contributed by atoms with Crippen LogP contribution in [0.15, 0.2) is 24.3 Å². The highest BCUT2D eigenvalue weighted by atomic mass is 14.7. The van der Waals surface area contributed by atoms with Crippen LogP contribution in [-0.4, -0.2) is 4.98 Å². The van der Waals surface area contributed by atoms with Crippen molar-refractivity contribution >= 4 is 10.9 Å². The average molecular weight is 283 g/mol. The smallest absolute Gasteiger partial charge is 0.0458 e. The van der Waals surface area contributed by atoms with Crippen LogP contribution in [-0.2, 0) is 12.8 Å². The Morgan fingerprint density at radius 1 is 1.24 bits per heavy atom. The second-order valence-corrected chi connectivity index (χ2v) is 6.89. The molecule has 21 heavy (non-hydrogen) atoms. The van der Waals surface area contributed by atoms with E-state index in [1.807, 2.05) is 0 Å². The first kappa shape index (κ1) is 14.7. The summed E-state index contributed by atoms with van der Waals surface area (Å²) in [6.45, 7) is 4.68. The summed E-state index contributed by atoms with van der Waals surface area (Å²) < 4.78 is 0. The van der Waals surface area contributed by atoms with Gasteiger partial charge in [0.25, 0.3) is 0 Å². The molecule has 1 N–H and O–H groups in total. The van der Waals surface area contributed by atoms with Gasteiger partial charge in [0.15, 0.2) is 0 Å². The van der Waals surface area contributed by atoms with E-state index in [0.29, 0.717) is 0 Å². The number of nitrogens with one attached hydrogen (secondary N) is 1. The van der Waals surface area contributed by atoms with Gasteiger partial charge in [0.05, 0.1) is 0 Å². The third kappa shape index (κ3) is 3.17. The van der Waals surface area contributed by atoms with Crippen molar-refractivity contribution in [1.82, 2.24) is 4.98 Å². The minimum Gasteiger partial charge on any atom is -0.358 e. The van der Waals surface area contributed by atoms with E-state index in [2.05, 4.69) is 43.1 Å². The Kier molecular flexibility index (Phi) is 4.67. The zero-order valence-corrected chi connectivity index (χ0v) is 13.6. The van der Waals surface area contributed by atoms with Crippen molar-refractivity contribution in [3.8, 4) is 0 Å². The van der Waals surface area contributed by atoms with E-state index in [1.165, 1.54) is 68.0 Å². The molecule has 2 atom stereocenters. The van der Waals surface area contributed by atoms with Crippen LogP contribution in [0.5, 0.6) is 0 Å². The summed E-state index contributed by atoms with van der Waals surface area (Å²) in [6.07, 6.45) is 10.9. The number of unbranched alkanes of at least 4 members (excludes halogenated alkanes) is 1. The fourth-order valence-electron chi connectivity index (χ4n) is 4.11. The molecule has 0 spiro atoms. The van der Waals surface area contributed by atoms with Gasteiger partial charge in [-0.1, -0.05) is 57.7 Å². The minimum atomic E-state index is 0.896. The molecule has 1 aliphatic rings. The molecule has 1 heteroatoms. The first-order valence-corrected chi connectivity index (χ1v) is 8.90. The first-order valence-electron chi connectivity index (χ1n) is 8.90. The normalized spacial score (nSPS) is 19.6. The molecule has 1 nitrogen and oxygen atoms in total. The van der Waals surface area contributed by atoms with E-state index >= 15 is 0 Å². The van der Waals surface area contributed by atoms with E-state index in [-0.39, 0.29) is 0 Å². The number of aromatic amines is 1. The Morgan fingerprint density at radius 3 is 2.90 bits per heavy atom. The van der Waals surface area contributed by atoms with Gasteiger partial charge in [-0.2, -0.15) is 0 Å². The van der Waals surface area contributed by atoms with Crippen molar-refractivity contribution in [3.63, 3.8) is 0 Å². The predicted molar refractivity (Wildman–Crippen MR) is 91.7 cm³/mol. The summed E-state index contributed by atoms with van der Waals surface area (Å²) in [4.78, 5) is 3.68. The van der Waals surface area contributed by atoms with Crippen molar-refractivity contribution in [2.24, 2.45) is 11.8 Å². The molecule has 0 radical (unpaired) electrons. The number of fused-ring (bicyclic) bond motifs is 3. The number of benzene rings is 1. The van der Waals surface area contributed by atoms with Crippen LogP contribution in [0.3, 0.4) is 0 Å². The highest BCUT2D eigenvalue weighted by molar-refractivity contribution is 5.84. The number of aryl methyl sites for hydroxylation is 1. The summed E-state index contributed by atoms with van der Waals surface area (Å²) in [5.74, 6) is 1.84. The van der Waals surface area contributed by atoms with Crippen molar-refractivity contribution in [3.05, 3.63) is 35.5 Å². The molecule has 1 aliphatic carbocycles. The topological polar surface area (TPSA) is 15.8 Å². The van der Waals surface area contributed by atoms with Crippen LogP contribution in [0, 0.1) is 11.8 Å². The molecule has 1 heterocycles. The van der Waals surface area contributed by atoms with Crippen molar-refractivity contribution in [2.45, 2.75) is 65.2 Å². The number of hydrogen-bond acceptors (Lipinski definition) is 0. The number of hydrogen-bond donors (Lipinski definition) is 1. The second kappa shape index (κ2) is 6.68. The molecule has 2 unspecified atom stereocenters. The number of aromatic nitrogens is 1. The van der Waals surface area contributed by atoms with Crippen LogP contribution >= 0.6 is 0 Å². The highest BCUT2D eigenvalue weighted by Crippen LogP contribution is 2.35. The Bertz CT molecular complexity index is 581. The largest absolute Gasteiger partial charge is 0.358 e. The van der Waals surface area contributed by atoms with E-state index < -0.39 is 0 Å². The fourth-order valence-corrected chi connectivity index (χ4v) is 4.11. The number of rotatable bonds is 6. The Balaban J connectivity index is 1.69. The lowest BCUT2D eigenvalue weighted by Crippen LogP contribution is -2.17. The van der Waals surface area contributed by atoms with Crippen molar-refractivity contribution in [1.29, 1.82) is 0 Å². The Labute approximate surface area is 129 Å². The maximum atomic E-state index is 3.68. The van der Waals surface area contributed by atoms with Gasteiger partial charge in [-0.15, -0.1) is 0 Å². The summed E-state index contributed by atoms with van der Waals surface area (Å²) in [5.41, 5.74) is 4.46. The van der Waals surface area contributed by atoms with Gasteiger partial charge in [-0.25, -0.2) is 0 Å². The summed E-state index contributed by atoms with van der Waals surface area (Å²) in [6, 6.07) is 8.81. The average Bonchev–Trinajstić information content (AvgIpc) is 2.89. The molecule has 0 saturated heterocycles. The fraction of sp³-hybridized carbons (Fsp3) is 0.600. The van der Waals surface area contributed by atoms with Gasteiger partial charge in [0, 0.05) is 16.6 Å². The third-order valence-corrected chi connectivity index (χ3v) is 5.41. The van der Waals surface area contributed by atoms with Gasteiger partial charge in [-0.05, 0) is 49.1 Å². The van der Waals surface area contributed by atoms with Gasteiger partial charge < -0.3 is 4.98 Å². The maximum Gasteiger partial charge on any atom is 0.0458 e. The monoisotopic (exact) mass is 283 g/mol. The SMILES string of the molecule is CCCCC(CC)CC1CCc2c([nH]c3ccccc23)C1. The lowest BCUT2D eigenvalue weighted by Gasteiger charge is -2.26. The quantitative estimate of drug-likeness (QED) is 0.681. The van der Waals surface area contributed by atoms with Crippen LogP contribution in [0.2, 0.25) is 0 Å². The summed E-state index contributed by atoms with van der Waals surface area (Å²) in [7, 11) is 0. The number of H-pyrrole nitrogens is 1. The summed E-state index contributed by atoms with van der Waals surface area (Å²) in [5, 5.41) is 1.46. The maximum absolute atomic E-state index is 3.68. The zero-order valence-electron chi connectivity index (χ0n) is 13.6. The Morgan fingerprint density at radius 2 is 2.10 bits per heavy atom. The number of para-hydroxylation sites is 1. The van der Waals surface area contributed by atoms with Crippen LogP contribution in [0.25, 0.3) is 10.9 Å². The summed E-state index contributed by atoms with van der Waals surface area (Å²) >= 11 is 0. The Hall–Kier alpha value is -1.24. The molecule has 0 saturated carbocycles. The zero-order chi connectivity index (χ0) is 14.7. The first-order chi connectivity index (χ1) is 10.3. The minimum absolute atomic E-state index is 0.896. The van der Waals surface area contributed by atoms with Crippen LogP contribution in [0.4, 0.5) is 0 Å². The third-order valence-electron chi connectivity index (χ3n) is 5.41. The molecule has 1 aromatic carbocycles. The highest BCUT2D eigenvalue weighted by Gasteiger charge is 2.24. The van der Waals surface area contributed by atoms with E-state index in [9.17, 15) is 0 Å². The lowest BCUT2D eigenvalue weighted by molar-refractivity contribution is 0.312. The molecule has 0 bridgehead atoms. The van der Waals surface area contributed by atoms with Gasteiger partial charge in [0.2, 0.25) is 0 Å². The molecule has 114 valence electrons. The van der Waals surface area contributed by atoms with E-state index in [0.717, 1.165) is 11.8 Å². The molecule has 0 amide bonds. The van der Waals surface area contributed by atoms with Gasteiger partial charge >= 0.3 is 0 Å². The van der Waals surface area contributed by atoms with E-state index in [1.54, 1.807) is 5.56 Å². The molecular weight excluding hydrogens is 254 g/mol. The van der Waals surface area contributed by atoms with Crippen molar-refractivity contribution < 1.29 is 0 Å². The van der Waals surface area contributed by atoms with Gasteiger partial charge in [-0.3, -0.25) is 0 Å².